The molecule has 0 saturated heterocycles. The van der Waals surface area contributed by atoms with Crippen molar-refractivity contribution in [2.24, 2.45) is 5.41 Å². The molecule has 0 spiro atoms. The van der Waals surface area contributed by atoms with Crippen LogP contribution in [0.4, 0.5) is 5.69 Å². The van der Waals surface area contributed by atoms with Gasteiger partial charge in [-0.1, -0.05) is 11.2 Å². The summed E-state index contributed by atoms with van der Waals surface area (Å²) in [6, 6.07) is 8.37. The van der Waals surface area contributed by atoms with Crippen molar-refractivity contribution >= 4 is 5.69 Å². The molecule has 0 aliphatic heterocycles. The molecule has 6 heteroatoms. The van der Waals surface area contributed by atoms with Gasteiger partial charge in [-0.15, -0.1) is 0 Å². The number of aromatic nitrogens is 3. The Morgan fingerprint density at radius 3 is 2.60 bits per heavy atom. The first-order chi connectivity index (χ1) is 14.6. The van der Waals surface area contributed by atoms with E-state index in [1.54, 1.807) is 0 Å². The van der Waals surface area contributed by atoms with Gasteiger partial charge in [0.05, 0.1) is 6.20 Å². The number of benzene rings is 1. The molecular weight excluding hydrogens is 376 g/mol. The third kappa shape index (κ3) is 3.13. The summed E-state index contributed by atoms with van der Waals surface area (Å²) < 4.78 is 11.4. The fourth-order valence-corrected chi connectivity index (χ4v) is 5.36. The number of nitrogens with one attached hydrogen (secondary N) is 1. The third-order valence-corrected chi connectivity index (χ3v) is 7.64. The number of nitrogens with zero attached hydrogens (tertiary/aromatic N) is 3. The summed E-state index contributed by atoms with van der Waals surface area (Å²) in [5.74, 6) is 3.89. The standard InChI is InChI=1S/C24H28N4O2/c1-16-14-25-22(29-16)24-10-7-23(8-11-24,9-12-24)15-26-19-4-2-3-18(13-19)21-27-20(28-30-21)17-5-6-17/h2-4,13-14,17,26H,5-12,15H2,1H3. The first kappa shape index (κ1) is 18.2. The Labute approximate surface area is 176 Å². The van der Waals surface area contributed by atoms with E-state index < -0.39 is 0 Å². The molecule has 2 bridgehead atoms. The van der Waals surface area contributed by atoms with Crippen molar-refractivity contribution in [1.29, 1.82) is 0 Å². The van der Waals surface area contributed by atoms with Crippen LogP contribution in [0, 0.1) is 12.3 Å². The summed E-state index contributed by atoms with van der Waals surface area (Å²) in [6.07, 6.45) is 11.5. The molecule has 7 rings (SSSR count). The smallest absolute Gasteiger partial charge is 0.258 e. The SMILES string of the molecule is Cc1cnc(C23CCC(CNc4cccc(-c5nc(C6CC6)no5)c4)(CC2)CC3)o1. The van der Waals surface area contributed by atoms with Crippen LogP contribution in [0.25, 0.3) is 11.5 Å². The summed E-state index contributed by atoms with van der Waals surface area (Å²) >= 11 is 0. The largest absolute Gasteiger partial charge is 0.445 e. The Balaban J connectivity index is 1.13. The molecule has 2 aromatic heterocycles. The molecule has 0 amide bonds. The second-order valence-corrected chi connectivity index (χ2v) is 9.72. The van der Waals surface area contributed by atoms with Crippen LogP contribution in [0.5, 0.6) is 0 Å². The summed E-state index contributed by atoms with van der Waals surface area (Å²) in [5.41, 5.74) is 2.66. The Morgan fingerprint density at radius 2 is 1.90 bits per heavy atom. The second-order valence-electron chi connectivity index (χ2n) is 9.72. The highest BCUT2D eigenvalue weighted by Gasteiger charge is 2.51. The summed E-state index contributed by atoms with van der Waals surface area (Å²) in [6.45, 7) is 3.00. The Kier molecular flexibility index (Phi) is 4.05. The van der Waals surface area contributed by atoms with Crippen molar-refractivity contribution in [1.82, 2.24) is 15.1 Å². The molecule has 3 aromatic rings. The quantitative estimate of drug-likeness (QED) is 0.575. The lowest BCUT2D eigenvalue weighted by atomic mass is 9.53. The first-order valence-electron chi connectivity index (χ1n) is 11.2. The minimum Gasteiger partial charge on any atom is -0.445 e. The van der Waals surface area contributed by atoms with Crippen LogP contribution in [-0.4, -0.2) is 21.7 Å². The van der Waals surface area contributed by atoms with Gasteiger partial charge in [0.25, 0.3) is 5.89 Å². The molecular formula is C24H28N4O2. The molecule has 4 saturated carbocycles. The van der Waals surface area contributed by atoms with Crippen LogP contribution in [0.2, 0.25) is 0 Å². The lowest BCUT2D eigenvalue weighted by Crippen LogP contribution is -2.47. The van der Waals surface area contributed by atoms with Crippen LogP contribution in [-0.2, 0) is 5.41 Å². The van der Waals surface area contributed by atoms with Crippen LogP contribution in [0.15, 0.2) is 39.4 Å². The first-order valence-corrected chi connectivity index (χ1v) is 11.2. The number of hydrogen-bond acceptors (Lipinski definition) is 6. The van der Waals surface area contributed by atoms with Crippen LogP contribution in [0.1, 0.15) is 74.8 Å². The summed E-state index contributed by atoms with van der Waals surface area (Å²) in [7, 11) is 0. The fourth-order valence-electron chi connectivity index (χ4n) is 5.36. The molecule has 4 aliphatic carbocycles. The summed E-state index contributed by atoms with van der Waals surface area (Å²) in [5, 5.41) is 7.86. The zero-order valence-electron chi connectivity index (χ0n) is 17.5. The maximum absolute atomic E-state index is 5.93. The van der Waals surface area contributed by atoms with E-state index in [4.69, 9.17) is 8.94 Å². The van der Waals surface area contributed by atoms with E-state index in [1.165, 1.54) is 51.4 Å². The predicted octanol–water partition coefficient (Wildman–Crippen LogP) is 5.61. The highest BCUT2D eigenvalue weighted by molar-refractivity contribution is 5.61. The molecule has 1 aromatic carbocycles. The van der Waals surface area contributed by atoms with Gasteiger partial charge in [-0.25, -0.2) is 4.98 Å². The van der Waals surface area contributed by atoms with Crippen molar-refractivity contribution in [3.05, 3.63) is 47.9 Å². The van der Waals surface area contributed by atoms with Gasteiger partial charge in [-0.3, -0.25) is 0 Å². The zero-order chi connectivity index (χ0) is 20.2. The molecule has 6 nitrogen and oxygen atoms in total. The van der Waals surface area contributed by atoms with Crippen molar-refractivity contribution in [2.75, 3.05) is 11.9 Å². The molecule has 4 fully saturated rings. The number of hydrogen-bond donors (Lipinski definition) is 1. The Hall–Kier alpha value is -2.63. The van der Waals surface area contributed by atoms with Crippen molar-refractivity contribution in [3.8, 4) is 11.5 Å². The number of fused-ring (bicyclic) bond motifs is 3. The molecule has 0 unspecified atom stereocenters. The van der Waals surface area contributed by atoms with E-state index in [2.05, 4.69) is 38.6 Å². The van der Waals surface area contributed by atoms with Crippen LogP contribution < -0.4 is 5.32 Å². The van der Waals surface area contributed by atoms with Gasteiger partial charge in [0.1, 0.15) is 5.76 Å². The van der Waals surface area contributed by atoms with E-state index in [0.29, 0.717) is 17.2 Å². The molecule has 2 heterocycles. The molecule has 0 atom stereocenters. The average molecular weight is 405 g/mol. The molecule has 30 heavy (non-hydrogen) atoms. The van der Waals surface area contributed by atoms with Gasteiger partial charge < -0.3 is 14.3 Å². The Morgan fingerprint density at radius 1 is 1.10 bits per heavy atom. The molecule has 4 aliphatic rings. The lowest BCUT2D eigenvalue weighted by Gasteiger charge is -2.52. The number of aryl methyl sites for hydroxylation is 1. The van der Waals surface area contributed by atoms with Crippen LogP contribution in [0.3, 0.4) is 0 Å². The van der Waals surface area contributed by atoms with E-state index >= 15 is 0 Å². The van der Waals surface area contributed by atoms with Gasteiger partial charge in [0, 0.05) is 29.1 Å². The minimum atomic E-state index is 0.174. The van der Waals surface area contributed by atoms with E-state index in [-0.39, 0.29) is 5.41 Å². The van der Waals surface area contributed by atoms with E-state index in [1.807, 2.05) is 19.2 Å². The van der Waals surface area contributed by atoms with Gasteiger partial charge in [0.15, 0.2) is 5.82 Å². The van der Waals surface area contributed by atoms with Crippen LogP contribution >= 0.6 is 0 Å². The maximum atomic E-state index is 5.93. The second kappa shape index (κ2) is 6.69. The van der Waals surface area contributed by atoms with Crippen molar-refractivity contribution in [3.63, 3.8) is 0 Å². The predicted molar refractivity (Wildman–Crippen MR) is 113 cm³/mol. The average Bonchev–Trinajstić information content (AvgIpc) is 3.35. The number of rotatable bonds is 6. The maximum Gasteiger partial charge on any atom is 0.258 e. The molecule has 0 radical (unpaired) electrons. The zero-order valence-corrected chi connectivity index (χ0v) is 17.5. The highest BCUT2D eigenvalue weighted by atomic mass is 16.5. The minimum absolute atomic E-state index is 0.174. The van der Waals surface area contributed by atoms with Crippen molar-refractivity contribution in [2.45, 2.75) is 69.6 Å². The summed E-state index contributed by atoms with van der Waals surface area (Å²) in [4.78, 5) is 9.16. The molecule has 1 N–H and O–H groups in total. The Bertz CT molecular complexity index is 1040. The number of anilines is 1. The van der Waals surface area contributed by atoms with Gasteiger partial charge >= 0.3 is 0 Å². The third-order valence-electron chi connectivity index (χ3n) is 7.64. The fraction of sp³-hybridized carbons (Fsp3) is 0.542. The monoisotopic (exact) mass is 404 g/mol. The number of oxazole rings is 1. The van der Waals surface area contributed by atoms with Gasteiger partial charge in [-0.05, 0) is 81.9 Å². The topological polar surface area (TPSA) is 77.0 Å². The van der Waals surface area contributed by atoms with E-state index in [9.17, 15) is 0 Å². The van der Waals surface area contributed by atoms with Crippen molar-refractivity contribution < 1.29 is 8.94 Å². The van der Waals surface area contributed by atoms with E-state index in [0.717, 1.165) is 35.3 Å². The molecule has 156 valence electrons. The van der Waals surface area contributed by atoms with Gasteiger partial charge in [-0.2, -0.15) is 4.98 Å². The van der Waals surface area contributed by atoms with Gasteiger partial charge in [0.2, 0.25) is 5.89 Å². The highest BCUT2D eigenvalue weighted by Crippen LogP contribution is 2.57. The lowest BCUT2D eigenvalue weighted by molar-refractivity contribution is 0.0351. The normalized spacial score (nSPS) is 28.0.